The Bertz CT molecular complexity index is 1300. The number of hydrogen-bond donors (Lipinski definition) is 0. The fourth-order valence-electron chi connectivity index (χ4n) is 4.02. The van der Waals surface area contributed by atoms with E-state index in [0.717, 1.165) is 28.2 Å². The van der Waals surface area contributed by atoms with E-state index in [1.165, 1.54) is 29.3 Å². The van der Waals surface area contributed by atoms with Gasteiger partial charge >= 0.3 is 0 Å². The second-order valence-corrected chi connectivity index (χ2v) is 7.34. The fraction of sp³-hybridized carbons (Fsp3) is 0.125. The van der Waals surface area contributed by atoms with Crippen LogP contribution in [0.2, 0.25) is 0 Å². The van der Waals surface area contributed by atoms with Gasteiger partial charge in [0.05, 0.1) is 22.5 Å². The van der Waals surface area contributed by atoms with Gasteiger partial charge in [-0.05, 0) is 48.6 Å². The van der Waals surface area contributed by atoms with E-state index < -0.39 is 0 Å². The van der Waals surface area contributed by atoms with Gasteiger partial charge in [0.25, 0.3) is 0 Å². The van der Waals surface area contributed by atoms with Gasteiger partial charge in [-0.25, -0.2) is 4.52 Å². The summed E-state index contributed by atoms with van der Waals surface area (Å²) in [6, 6.07) is 22.9. The molecule has 4 aromatic heterocycles. The molecule has 1 saturated carbocycles. The third kappa shape index (κ3) is 2.34. The van der Waals surface area contributed by atoms with Gasteiger partial charge in [-0.3, -0.25) is 9.97 Å². The normalized spacial score (nSPS) is 14.0. The highest BCUT2D eigenvalue weighted by molar-refractivity contribution is 6.06. The van der Waals surface area contributed by atoms with Crippen LogP contribution in [0.15, 0.2) is 79.1 Å². The number of pyridine rings is 3. The molecule has 1 aliphatic carbocycles. The van der Waals surface area contributed by atoms with Crippen molar-refractivity contribution in [3.8, 4) is 22.6 Å². The van der Waals surface area contributed by atoms with Gasteiger partial charge in [0.15, 0.2) is 0 Å². The minimum atomic E-state index is 0.583. The summed E-state index contributed by atoms with van der Waals surface area (Å²) >= 11 is 0. The molecule has 1 fully saturated rings. The van der Waals surface area contributed by atoms with Crippen LogP contribution < -0.4 is 0 Å². The summed E-state index contributed by atoms with van der Waals surface area (Å²) in [6.45, 7) is 0. The molecule has 4 heterocycles. The molecule has 0 saturated heterocycles. The first-order valence-corrected chi connectivity index (χ1v) is 9.67. The summed E-state index contributed by atoms with van der Waals surface area (Å²) in [5.74, 6) is 0.583. The highest BCUT2D eigenvalue weighted by Gasteiger charge is 2.29. The van der Waals surface area contributed by atoms with Gasteiger partial charge in [0.2, 0.25) is 0 Å². The Morgan fingerprint density at radius 1 is 0.786 bits per heavy atom. The van der Waals surface area contributed by atoms with Crippen LogP contribution in [-0.4, -0.2) is 19.6 Å². The first-order valence-electron chi connectivity index (χ1n) is 9.67. The van der Waals surface area contributed by atoms with Crippen LogP contribution >= 0.6 is 0 Å². The van der Waals surface area contributed by atoms with Crippen molar-refractivity contribution in [3.63, 3.8) is 0 Å². The molecule has 0 amide bonds. The summed E-state index contributed by atoms with van der Waals surface area (Å²) in [6.07, 6.45) is 6.12. The standard InChI is InChI=1S/C24H18N4/c1-2-8-18-17(7-1)15-21(16-11-12-16)28-24(18)22(19-9-3-5-13-25-19)23(27-28)20-10-4-6-14-26-20/h1-10,13-16H,11-12H2. The van der Waals surface area contributed by atoms with Crippen molar-refractivity contribution in [2.45, 2.75) is 18.8 Å². The van der Waals surface area contributed by atoms with Crippen LogP contribution in [0.5, 0.6) is 0 Å². The second-order valence-electron chi connectivity index (χ2n) is 7.34. The maximum Gasteiger partial charge on any atom is 0.121 e. The first-order chi connectivity index (χ1) is 13.9. The van der Waals surface area contributed by atoms with Crippen LogP contribution in [0, 0.1) is 0 Å². The molecule has 0 N–H and O–H groups in total. The van der Waals surface area contributed by atoms with Crippen LogP contribution in [-0.2, 0) is 0 Å². The van der Waals surface area contributed by atoms with E-state index in [1.54, 1.807) is 0 Å². The zero-order chi connectivity index (χ0) is 18.5. The molecular weight excluding hydrogens is 344 g/mol. The zero-order valence-corrected chi connectivity index (χ0v) is 15.3. The van der Waals surface area contributed by atoms with Crippen molar-refractivity contribution in [2.24, 2.45) is 0 Å². The zero-order valence-electron chi connectivity index (χ0n) is 15.3. The van der Waals surface area contributed by atoms with Gasteiger partial charge in [-0.2, -0.15) is 5.10 Å². The van der Waals surface area contributed by atoms with Crippen LogP contribution in [0.3, 0.4) is 0 Å². The fourth-order valence-corrected chi connectivity index (χ4v) is 4.02. The largest absolute Gasteiger partial charge is 0.256 e. The monoisotopic (exact) mass is 362 g/mol. The summed E-state index contributed by atoms with van der Waals surface area (Å²) in [5.41, 5.74) is 6.15. The predicted octanol–water partition coefficient (Wildman–Crippen LogP) is 5.49. The topological polar surface area (TPSA) is 43.1 Å². The Kier molecular flexibility index (Phi) is 3.32. The summed E-state index contributed by atoms with van der Waals surface area (Å²) in [5, 5.41) is 7.53. The van der Waals surface area contributed by atoms with E-state index in [-0.39, 0.29) is 0 Å². The molecule has 6 rings (SSSR count). The van der Waals surface area contributed by atoms with Crippen molar-refractivity contribution >= 4 is 16.3 Å². The minimum absolute atomic E-state index is 0.583. The first kappa shape index (κ1) is 15.5. The maximum absolute atomic E-state index is 5.08. The summed E-state index contributed by atoms with van der Waals surface area (Å²) in [4.78, 5) is 9.27. The van der Waals surface area contributed by atoms with Crippen molar-refractivity contribution < 1.29 is 0 Å². The molecule has 0 bridgehead atoms. The third-order valence-corrected chi connectivity index (χ3v) is 5.47. The van der Waals surface area contributed by atoms with E-state index >= 15 is 0 Å². The minimum Gasteiger partial charge on any atom is -0.256 e. The van der Waals surface area contributed by atoms with Gasteiger partial charge < -0.3 is 0 Å². The van der Waals surface area contributed by atoms with E-state index in [9.17, 15) is 0 Å². The Morgan fingerprint density at radius 2 is 1.50 bits per heavy atom. The van der Waals surface area contributed by atoms with Gasteiger partial charge in [-0.15, -0.1) is 0 Å². The van der Waals surface area contributed by atoms with Crippen molar-refractivity contribution in [3.05, 3.63) is 84.8 Å². The van der Waals surface area contributed by atoms with Crippen LogP contribution in [0.25, 0.3) is 38.9 Å². The molecule has 134 valence electrons. The molecule has 0 radical (unpaired) electrons. The smallest absolute Gasteiger partial charge is 0.121 e. The lowest BCUT2D eigenvalue weighted by atomic mass is 10.0. The second kappa shape index (κ2) is 5.99. The molecule has 1 aromatic carbocycles. The molecule has 1 aliphatic rings. The quantitative estimate of drug-likeness (QED) is 0.426. The third-order valence-electron chi connectivity index (χ3n) is 5.47. The molecular formula is C24H18N4. The number of aromatic nitrogens is 4. The van der Waals surface area contributed by atoms with Crippen molar-refractivity contribution in [1.82, 2.24) is 19.6 Å². The lowest BCUT2D eigenvalue weighted by Gasteiger charge is -2.09. The van der Waals surface area contributed by atoms with Gasteiger partial charge in [0.1, 0.15) is 5.69 Å². The Balaban J connectivity index is 1.81. The molecule has 5 aromatic rings. The van der Waals surface area contributed by atoms with Crippen molar-refractivity contribution in [2.75, 3.05) is 0 Å². The van der Waals surface area contributed by atoms with Crippen molar-refractivity contribution in [1.29, 1.82) is 0 Å². The summed E-state index contributed by atoms with van der Waals surface area (Å²) < 4.78 is 2.15. The molecule has 0 unspecified atom stereocenters. The van der Waals surface area contributed by atoms with E-state index in [0.29, 0.717) is 5.92 Å². The highest BCUT2D eigenvalue weighted by Crippen LogP contribution is 2.44. The lowest BCUT2D eigenvalue weighted by Crippen LogP contribution is -1.98. The Morgan fingerprint density at radius 3 is 2.21 bits per heavy atom. The number of fused-ring (bicyclic) bond motifs is 3. The SMILES string of the molecule is c1ccc(-c2nn3c(C4CC4)cc4ccccc4c3c2-c2ccccn2)nc1. The van der Waals surface area contributed by atoms with E-state index in [4.69, 9.17) is 5.10 Å². The Labute approximate surface area is 162 Å². The number of nitrogens with zero attached hydrogens (tertiary/aromatic N) is 4. The van der Waals surface area contributed by atoms with E-state index in [1.807, 2.05) is 42.7 Å². The number of rotatable bonds is 3. The summed E-state index contributed by atoms with van der Waals surface area (Å²) in [7, 11) is 0. The van der Waals surface area contributed by atoms with Gasteiger partial charge in [0, 0.05) is 29.4 Å². The Hall–Kier alpha value is -3.53. The molecule has 4 nitrogen and oxygen atoms in total. The average Bonchev–Trinajstić information content (AvgIpc) is 3.53. The van der Waals surface area contributed by atoms with Crippen LogP contribution in [0.4, 0.5) is 0 Å². The van der Waals surface area contributed by atoms with Gasteiger partial charge in [-0.1, -0.05) is 36.4 Å². The molecule has 0 aliphatic heterocycles. The lowest BCUT2D eigenvalue weighted by molar-refractivity contribution is 0.864. The molecule has 28 heavy (non-hydrogen) atoms. The molecule has 0 spiro atoms. The molecule has 0 atom stereocenters. The average molecular weight is 362 g/mol. The van der Waals surface area contributed by atoms with E-state index in [2.05, 4.69) is 50.9 Å². The van der Waals surface area contributed by atoms with Crippen LogP contribution in [0.1, 0.15) is 24.5 Å². The highest BCUT2D eigenvalue weighted by atomic mass is 15.2. The number of benzene rings is 1. The maximum atomic E-state index is 5.08. The molecule has 4 heteroatoms. The predicted molar refractivity (Wildman–Crippen MR) is 111 cm³/mol. The number of hydrogen-bond acceptors (Lipinski definition) is 3.